The third-order valence-corrected chi connectivity index (χ3v) is 6.32. The van der Waals surface area contributed by atoms with E-state index < -0.39 is 10.0 Å². The zero-order valence-electron chi connectivity index (χ0n) is 11.9. The molecule has 0 radical (unpaired) electrons. The summed E-state index contributed by atoms with van der Waals surface area (Å²) in [5.41, 5.74) is 5.77. The van der Waals surface area contributed by atoms with Crippen molar-refractivity contribution >= 4 is 38.9 Å². The van der Waals surface area contributed by atoms with Crippen LogP contribution in [-0.2, 0) is 10.0 Å². The van der Waals surface area contributed by atoms with E-state index in [4.69, 9.17) is 28.9 Å². The van der Waals surface area contributed by atoms with Gasteiger partial charge >= 0.3 is 0 Å². The lowest BCUT2D eigenvalue weighted by atomic mass is 10.0. The number of nitrogens with zero attached hydrogens (tertiary/aromatic N) is 1. The number of hydrogen-bond acceptors (Lipinski definition) is 4. The van der Waals surface area contributed by atoms with Crippen LogP contribution in [0.15, 0.2) is 17.0 Å². The van der Waals surface area contributed by atoms with Crippen molar-refractivity contribution in [2.24, 2.45) is 0 Å². The molecule has 1 fully saturated rings. The second kappa shape index (κ2) is 6.30. The minimum Gasteiger partial charge on any atom is -0.396 e. The van der Waals surface area contributed by atoms with Crippen molar-refractivity contribution < 1.29 is 8.42 Å². The predicted octanol–water partition coefficient (Wildman–Crippen LogP) is 2.34. The van der Waals surface area contributed by atoms with Crippen molar-refractivity contribution in [2.45, 2.75) is 36.7 Å². The largest absolute Gasteiger partial charge is 0.396 e. The van der Waals surface area contributed by atoms with Gasteiger partial charge in [-0.1, -0.05) is 23.2 Å². The number of hydrogen-bond donors (Lipinski definition) is 2. The highest BCUT2D eigenvalue weighted by Crippen LogP contribution is 2.33. The summed E-state index contributed by atoms with van der Waals surface area (Å²) < 4.78 is 27.6. The number of nitrogens with one attached hydrogen (secondary N) is 1. The molecule has 0 saturated carbocycles. The van der Waals surface area contributed by atoms with Crippen LogP contribution < -0.4 is 10.5 Å². The lowest BCUT2D eigenvalue weighted by Gasteiger charge is -2.35. The van der Waals surface area contributed by atoms with E-state index in [-0.39, 0.29) is 26.7 Å². The maximum atomic E-state index is 12.5. The predicted molar refractivity (Wildman–Crippen MR) is 86.3 cm³/mol. The fourth-order valence-electron chi connectivity index (χ4n) is 2.44. The summed E-state index contributed by atoms with van der Waals surface area (Å²) in [7, 11) is -1.68. The molecule has 1 aliphatic rings. The highest BCUT2D eigenvalue weighted by atomic mass is 35.5. The number of benzene rings is 1. The van der Waals surface area contributed by atoms with Crippen LogP contribution in [0.1, 0.15) is 19.8 Å². The molecule has 0 spiro atoms. The fraction of sp³-hybridized carbons (Fsp3) is 0.538. The average Bonchev–Trinajstić information content (AvgIpc) is 2.39. The molecule has 2 unspecified atom stereocenters. The van der Waals surface area contributed by atoms with E-state index in [0.29, 0.717) is 6.04 Å². The summed E-state index contributed by atoms with van der Waals surface area (Å²) in [4.78, 5) is 2.18. The van der Waals surface area contributed by atoms with E-state index in [2.05, 4.69) is 16.5 Å². The average molecular weight is 352 g/mol. The summed E-state index contributed by atoms with van der Waals surface area (Å²) in [5, 5.41) is 0.211. The SMILES string of the molecule is CC1CC(NS(=O)(=O)c2ccc(Cl)c(N)c2Cl)CCN1C. The van der Waals surface area contributed by atoms with Crippen LogP contribution in [-0.4, -0.2) is 39.0 Å². The second-order valence-corrected chi connectivity index (χ2v) is 7.91. The third kappa shape index (κ3) is 3.63. The van der Waals surface area contributed by atoms with Crippen LogP contribution >= 0.6 is 23.2 Å². The maximum absolute atomic E-state index is 12.5. The first kappa shape index (κ1) is 16.8. The van der Waals surface area contributed by atoms with Gasteiger partial charge in [0.15, 0.2) is 0 Å². The Balaban J connectivity index is 2.22. The van der Waals surface area contributed by atoms with Crippen molar-refractivity contribution in [3.05, 3.63) is 22.2 Å². The van der Waals surface area contributed by atoms with Crippen LogP contribution in [0.2, 0.25) is 10.0 Å². The van der Waals surface area contributed by atoms with E-state index >= 15 is 0 Å². The van der Waals surface area contributed by atoms with Gasteiger partial charge in [-0.25, -0.2) is 13.1 Å². The van der Waals surface area contributed by atoms with Crippen LogP contribution in [0.25, 0.3) is 0 Å². The smallest absolute Gasteiger partial charge is 0.242 e. The molecule has 118 valence electrons. The van der Waals surface area contributed by atoms with Gasteiger partial charge in [-0.3, -0.25) is 0 Å². The Kier molecular flexibility index (Phi) is 5.05. The quantitative estimate of drug-likeness (QED) is 0.819. The number of anilines is 1. The molecule has 0 aromatic heterocycles. The molecular weight excluding hydrogens is 333 g/mol. The molecule has 1 saturated heterocycles. The van der Waals surface area contributed by atoms with Crippen LogP contribution in [0.4, 0.5) is 5.69 Å². The molecule has 21 heavy (non-hydrogen) atoms. The number of nitrogen functional groups attached to an aromatic ring is 1. The van der Waals surface area contributed by atoms with Gasteiger partial charge in [-0.15, -0.1) is 0 Å². The minimum atomic E-state index is -3.71. The number of rotatable bonds is 3. The van der Waals surface area contributed by atoms with E-state index in [9.17, 15) is 8.42 Å². The number of likely N-dealkylation sites (tertiary alicyclic amines) is 1. The minimum absolute atomic E-state index is 0.0300. The Labute approximate surface area is 135 Å². The first-order valence-corrected chi connectivity index (χ1v) is 8.92. The topological polar surface area (TPSA) is 75.4 Å². The normalized spacial score (nSPS) is 24.2. The molecule has 2 rings (SSSR count). The molecule has 1 heterocycles. The monoisotopic (exact) mass is 351 g/mol. The fourth-order valence-corrected chi connectivity index (χ4v) is 4.48. The van der Waals surface area contributed by atoms with Gasteiger partial charge in [0.2, 0.25) is 10.0 Å². The number of piperidine rings is 1. The summed E-state index contributed by atoms with van der Waals surface area (Å²) >= 11 is 11.8. The molecule has 0 bridgehead atoms. The highest BCUT2D eigenvalue weighted by Gasteiger charge is 2.28. The van der Waals surface area contributed by atoms with Gasteiger partial charge in [0.05, 0.1) is 15.7 Å². The Bertz CT molecular complexity index is 637. The molecule has 2 atom stereocenters. The van der Waals surface area contributed by atoms with Gasteiger partial charge < -0.3 is 10.6 Å². The second-order valence-electron chi connectivity index (χ2n) is 5.45. The molecule has 0 aliphatic carbocycles. The summed E-state index contributed by atoms with van der Waals surface area (Å²) in [5.74, 6) is 0. The summed E-state index contributed by atoms with van der Waals surface area (Å²) in [6.07, 6.45) is 1.52. The molecule has 1 aromatic rings. The van der Waals surface area contributed by atoms with Crippen molar-refractivity contribution in [2.75, 3.05) is 19.3 Å². The van der Waals surface area contributed by atoms with Gasteiger partial charge in [-0.05, 0) is 45.5 Å². The van der Waals surface area contributed by atoms with Crippen LogP contribution in [0, 0.1) is 0 Å². The third-order valence-electron chi connectivity index (χ3n) is 3.91. The standard InChI is InChI=1S/C13H19Cl2N3O2S/c1-8-7-9(5-6-18(8)2)17-21(19,20)11-4-3-10(14)13(16)12(11)15/h3-4,8-9,17H,5-7,16H2,1-2H3. The number of sulfonamides is 1. The zero-order valence-corrected chi connectivity index (χ0v) is 14.3. The van der Waals surface area contributed by atoms with Crippen molar-refractivity contribution in [3.63, 3.8) is 0 Å². The summed E-state index contributed by atoms with van der Waals surface area (Å²) in [6, 6.07) is 3.04. The number of nitrogens with two attached hydrogens (primary N) is 1. The maximum Gasteiger partial charge on any atom is 0.242 e. The molecule has 5 nitrogen and oxygen atoms in total. The molecule has 8 heteroatoms. The van der Waals surface area contributed by atoms with Gasteiger partial charge in [-0.2, -0.15) is 0 Å². The lowest BCUT2D eigenvalue weighted by molar-refractivity contribution is 0.178. The lowest BCUT2D eigenvalue weighted by Crippen LogP contribution is -2.47. The van der Waals surface area contributed by atoms with Crippen molar-refractivity contribution in [1.82, 2.24) is 9.62 Å². The molecule has 1 aromatic carbocycles. The molecule has 1 aliphatic heterocycles. The Morgan fingerprint density at radius 2 is 2.05 bits per heavy atom. The Morgan fingerprint density at radius 3 is 2.67 bits per heavy atom. The van der Waals surface area contributed by atoms with Gasteiger partial charge in [0.1, 0.15) is 4.90 Å². The van der Waals surface area contributed by atoms with Gasteiger partial charge in [0, 0.05) is 12.1 Å². The molecule has 3 N–H and O–H groups in total. The zero-order chi connectivity index (χ0) is 15.8. The summed E-state index contributed by atoms with van der Waals surface area (Å²) in [6.45, 7) is 2.93. The van der Waals surface area contributed by atoms with Gasteiger partial charge in [0.25, 0.3) is 0 Å². The Hall–Kier alpha value is -0.530. The Morgan fingerprint density at radius 1 is 1.38 bits per heavy atom. The van der Waals surface area contributed by atoms with E-state index in [1.54, 1.807) is 0 Å². The van der Waals surface area contributed by atoms with E-state index in [1.807, 2.05) is 7.05 Å². The first-order chi connectivity index (χ1) is 9.72. The van der Waals surface area contributed by atoms with Crippen LogP contribution in [0.3, 0.4) is 0 Å². The first-order valence-electron chi connectivity index (χ1n) is 6.68. The molecule has 0 amide bonds. The number of halogens is 2. The van der Waals surface area contributed by atoms with E-state index in [0.717, 1.165) is 19.4 Å². The van der Waals surface area contributed by atoms with Crippen LogP contribution in [0.5, 0.6) is 0 Å². The highest BCUT2D eigenvalue weighted by molar-refractivity contribution is 7.89. The van der Waals surface area contributed by atoms with Crippen molar-refractivity contribution in [1.29, 1.82) is 0 Å². The van der Waals surface area contributed by atoms with E-state index in [1.165, 1.54) is 12.1 Å². The van der Waals surface area contributed by atoms with Crippen molar-refractivity contribution in [3.8, 4) is 0 Å². The molecular formula is C13H19Cl2N3O2S.